The minimum absolute atomic E-state index is 0.278. The topological polar surface area (TPSA) is 44.0 Å². The van der Waals surface area contributed by atoms with E-state index in [-0.39, 0.29) is 5.75 Å². The van der Waals surface area contributed by atoms with E-state index in [1.54, 1.807) is 12.1 Å². The van der Waals surface area contributed by atoms with Gasteiger partial charge in [-0.25, -0.2) is 0 Å². The van der Waals surface area contributed by atoms with Gasteiger partial charge in [-0.05, 0) is 41.8 Å². The summed E-state index contributed by atoms with van der Waals surface area (Å²) in [4.78, 5) is 0. The molecule has 2 nitrogen and oxygen atoms in total. The maximum Gasteiger partial charge on any atom is 0.119 e. The van der Waals surface area contributed by atoms with E-state index in [4.69, 9.17) is 5.26 Å². The summed E-state index contributed by atoms with van der Waals surface area (Å²) in [5.74, 6) is 0.278. The van der Waals surface area contributed by atoms with Crippen molar-refractivity contribution >= 4 is 0 Å². The van der Waals surface area contributed by atoms with Crippen molar-refractivity contribution in [3.05, 3.63) is 53.6 Å². The lowest BCUT2D eigenvalue weighted by atomic mass is 10.0. The minimum atomic E-state index is 0.278. The molecule has 2 heteroatoms. The number of nitriles is 1. The van der Waals surface area contributed by atoms with Gasteiger partial charge in [0, 0.05) is 0 Å². The normalized spacial score (nSPS) is 9.75. The summed E-state index contributed by atoms with van der Waals surface area (Å²) in [6, 6.07) is 14.9. The molecule has 16 heavy (non-hydrogen) atoms. The number of benzene rings is 2. The Balaban J connectivity index is 2.51. The zero-order valence-corrected chi connectivity index (χ0v) is 8.94. The fourth-order valence-electron chi connectivity index (χ4n) is 1.56. The molecule has 0 bridgehead atoms. The van der Waals surface area contributed by atoms with Gasteiger partial charge in [-0.1, -0.05) is 24.3 Å². The second-order valence-electron chi connectivity index (χ2n) is 3.69. The SMILES string of the molecule is Cc1ccc(-c2cccc(C#N)c2)cc1O. The smallest absolute Gasteiger partial charge is 0.119 e. The van der Waals surface area contributed by atoms with Crippen molar-refractivity contribution in [1.82, 2.24) is 0 Å². The van der Waals surface area contributed by atoms with E-state index in [1.165, 1.54) is 0 Å². The van der Waals surface area contributed by atoms with Gasteiger partial charge in [-0.15, -0.1) is 0 Å². The molecule has 0 saturated carbocycles. The molecule has 0 aliphatic carbocycles. The lowest BCUT2D eigenvalue weighted by Crippen LogP contribution is -1.81. The van der Waals surface area contributed by atoms with Gasteiger partial charge in [0.1, 0.15) is 5.75 Å². The fourth-order valence-corrected chi connectivity index (χ4v) is 1.56. The number of aryl methyl sites for hydroxylation is 1. The summed E-state index contributed by atoms with van der Waals surface area (Å²) in [7, 11) is 0. The molecule has 0 aromatic heterocycles. The molecule has 0 radical (unpaired) electrons. The maximum atomic E-state index is 9.62. The van der Waals surface area contributed by atoms with E-state index in [2.05, 4.69) is 6.07 Å². The Hall–Kier alpha value is -2.27. The van der Waals surface area contributed by atoms with Crippen LogP contribution in [0.2, 0.25) is 0 Å². The molecule has 0 atom stereocenters. The molecule has 0 aliphatic heterocycles. The van der Waals surface area contributed by atoms with Crippen LogP contribution >= 0.6 is 0 Å². The van der Waals surface area contributed by atoms with Gasteiger partial charge in [-0.3, -0.25) is 0 Å². The highest BCUT2D eigenvalue weighted by Gasteiger charge is 2.02. The molecule has 0 aliphatic rings. The van der Waals surface area contributed by atoms with E-state index >= 15 is 0 Å². The highest BCUT2D eigenvalue weighted by molar-refractivity contribution is 5.67. The van der Waals surface area contributed by atoms with E-state index < -0.39 is 0 Å². The Morgan fingerprint density at radius 2 is 1.81 bits per heavy atom. The van der Waals surface area contributed by atoms with Crippen LogP contribution < -0.4 is 0 Å². The molecular weight excluding hydrogens is 198 g/mol. The highest BCUT2D eigenvalue weighted by atomic mass is 16.3. The van der Waals surface area contributed by atoms with Crippen LogP contribution in [0.3, 0.4) is 0 Å². The zero-order chi connectivity index (χ0) is 11.5. The molecule has 0 spiro atoms. The quantitative estimate of drug-likeness (QED) is 0.783. The van der Waals surface area contributed by atoms with Crippen LogP contribution in [-0.4, -0.2) is 5.11 Å². The summed E-state index contributed by atoms with van der Waals surface area (Å²) in [6.45, 7) is 1.85. The van der Waals surface area contributed by atoms with Crippen LogP contribution in [0.25, 0.3) is 11.1 Å². The average molecular weight is 209 g/mol. The van der Waals surface area contributed by atoms with Crippen LogP contribution in [0, 0.1) is 18.3 Å². The van der Waals surface area contributed by atoms with Crippen LogP contribution in [0.5, 0.6) is 5.75 Å². The van der Waals surface area contributed by atoms with Crippen molar-refractivity contribution in [3.8, 4) is 22.9 Å². The van der Waals surface area contributed by atoms with Gasteiger partial charge in [0.05, 0.1) is 11.6 Å². The monoisotopic (exact) mass is 209 g/mol. The van der Waals surface area contributed by atoms with Gasteiger partial charge >= 0.3 is 0 Å². The molecule has 2 aromatic carbocycles. The van der Waals surface area contributed by atoms with Gasteiger partial charge in [0.25, 0.3) is 0 Å². The minimum Gasteiger partial charge on any atom is -0.508 e. The van der Waals surface area contributed by atoms with Crippen molar-refractivity contribution in [2.75, 3.05) is 0 Å². The third-order valence-electron chi connectivity index (χ3n) is 2.53. The predicted octanol–water partition coefficient (Wildman–Crippen LogP) is 3.24. The fraction of sp³-hybridized carbons (Fsp3) is 0.0714. The Kier molecular flexibility index (Phi) is 2.61. The molecule has 2 aromatic rings. The van der Waals surface area contributed by atoms with Crippen molar-refractivity contribution < 1.29 is 5.11 Å². The van der Waals surface area contributed by atoms with E-state index in [0.717, 1.165) is 16.7 Å². The molecule has 0 fully saturated rings. The van der Waals surface area contributed by atoms with E-state index in [9.17, 15) is 5.11 Å². The highest BCUT2D eigenvalue weighted by Crippen LogP contribution is 2.26. The van der Waals surface area contributed by atoms with Gasteiger partial charge in [0.2, 0.25) is 0 Å². The summed E-state index contributed by atoms with van der Waals surface area (Å²) >= 11 is 0. The molecule has 78 valence electrons. The van der Waals surface area contributed by atoms with Crippen molar-refractivity contribution in [3.63, 3.8) is 0 Å². The third-order valence-corrected chi connectivity index (χ3v) is 2.53. The molecule has 2 rings (SSSR count). The first kappa shape index (κ1) is 10.3. The van der Waals surface area contributed by atoms with Crippen molar-refractivity contribution in [1.29, 1.82) is 5.26 Å². The molecular formula is C14H11NO. The average Bonchev–Trinajstić information content (AvgIpc) is 2.33. The van der Waals surface area contributed by atoms with Crippen LogP contribution in [0.1, 0.15) is 11.1 Å². The second-order valence-corrected chi connectivity index (χ2v) is 3.69. The van der Waals surface area contributed by atoms with Gasteiger partial charge in [0.15, 0.2) is 0 Å². The Labute approximate surface area is 94.4 Å². The Bertz CT molecular complexity index is 567. The number of nitrogens with zero attached hydrogens (tertiary/aromatic N) is 1. The number of phenols is 1. The maximum absolute atomic E-state index is 9.62. The first-order valence-electron chi connectivity index (χ1n) is 5.01. The van der Waals surface area contributed by atoms with E-state index in [1.807, 2.05) is 37.3 Å². The standard InChI is InChI=1S/C14H11NO/c1-10-5-6-13(8-14(10)16)12-4-2-3-11(7-12)9-15/h2-8,16H,1H3. The number of hydrogen-bond acceptors (Lipinski definition) is 2. The molecule has 0 heterocycles. The Morgan fingerprint density at radius 3 is 2.50 bits per heavy atom. The van der Waals surface area contributed by atoms with Gasteiger partial charge < -0.3 is 5.11 Å². The first-order chi connectivity index (χ1) is 7.70. The predicted molar refractivity (Wildman–Crippen MR) is 63.0 cm³/mol. The van der Waals surface area contributed by atoms with Crippen LogP contribution in [-0.2, 0) is 0 Å². The first-order valence-corrected chi connectivity index (χ1v) is 5.01. The summed E-state index contributed by atoms with van der Waals surface area (Å²) in [5.41, 5.74) is 3.33. The van der Waals surface area contributed by atoms with Gasteiger partial charge in [-0.2, -0.15) is 5.26 Å². The number of rotatable bonds is 1. The summed E-state index contributed by atoms with van der Waals surface area (Å²) in [5, 5.41) is 18.4. The Morgan fingerprint density at radius 1 is 1.06 bits per heavy atom. The van der Waals surface area contributed by atoms with Crippen molar-refractivity contribution in [2.45, 2.75) is 6.92 Å². The molecule has 0 amide bonds. The largest absolute Gasteiger partial charge is 0.508 e. The number of aromatic hydroxyl groups is 1. The van der Waals surface area contributed by atoms with Crippen LogP contribution in [0.15, 0.2) is 42.5 Å². The lowest BCUT2D eigenvalue weighted by Gasteiger charge is -2.04. The van der Waals surface area contributed by atoms with Crippen LogP contribution in [0.4, 0.5) is 0 Å². The summed E-state index contributed by atoms with van der Waals surface area (Å²) in [6.07, 6.45) is 0. The van der Waals surface area contributed by atoms with Crippen molar-refractivity contribution in [2.24, 2.45) is 0 Å². The molecule has 1 N–H and O–H groups in total. The number of phenolic OH excluding ortho intramolecular Hbond substituents is 1. The number of hydrogen-bond donors (Lipinski definition) is 1. The van der Waals surface area contributed by atoms with E-state index in [0.29, 0.717) is 5.56 Å². The summed E-state index contributed by atoms with van der Waals surface area (Å²) < 4.78 is 0. The third kappa shape index (κ3) is 1.89. The lowest BCUT2D eigenvalue weighted by molar-refractivity contribution is 0.471. The zero-order valence-electron chi connectivity index (χ0n) is 8.94. The molecule has 0 unspecified atom stereocenters. The second kappa shape index (κ2) is 4.08. The molecule has 0 saturated heterocycles.